The molecule has 0 radical (unpaired) electrons. The van der Waals surface area contributed by atoms with Crippen LogP contribution in [0, 0.1) is 0 Å². The predicted molar refractivity (Wildman–Crippen MR) is 57.7 cm³/mol. The van der Waals surface area contributed by atoms with Gasteiger partial charge in [-0.05, 0) is 17.9 Å². The summed E-state index contributed by atoms with van der Waals surface area (Å²) in [6.45, 7) is 0.577. The van der Waals surface area contributed by atoms with Crippen molar-refractivity contribution in [1.82, 2.24) is 14.8 Å². The van der Waals surface area contributed by atoms with E-state index in [1.54, 1.807) is 11.3 Å². The summed E-state index contributed by atoms with van der Waals surface area (Å²) in [5.41, 5.74) is 0. The third kappa shape index (κ3) is 1.57. The van der Waals surface area contributed by atoms with Gasteiger partial charge in [0.25, 0.3) is 0 Å². The Bertz CT molecular complexity index is 463. The number of fused-ring (bicyclic) bond motifs is 1. The highest BCUT2D eigenvalue weighted by Crippen LogP contribution is 2.23. The Morgan fingerprint density at radius 1 is 1.53 bits per heavy atom. The second kappa shape index (κ2) is 3.43. The fourth-order valence-corrected chi connectivity index (χ4v) is 2.46. The molecule has 2 aromatic rings. The van der Waals surface area contributed by atoms with Crippen LogP contribution in [-0.2, 0) is 13.0 Å². The molecule has 15 heavy (non-hydrogen) atoms. The molecule has 0 amide bonds. The molecule has 0 bridgehead atoms. The van der Waals surface area contributed by atoms with Gasteiger partial charge < -0.3 is 5.11 Å². The van der Waals surface area contributed by atoms with E-state index in [9.17, 15) is 5.11 Å². The molecule has 4 nitrogen and oxygen atoms in total. The van der Waals surface area contributed by atoms with Crippen LogP contribution in [0.2, 0.25) is 0 Å². The molecule has 1 aliphatic rings. The molecule has 0 aromatic carbocycles. The zero-order valence-corrected chi connectivity index (χ0v) is 8.94. The molecule has 0 fully saturated rings. The van der Waals surface area contributed by atoms with Crippen LogP contribution in [0.4, 0.5) is 0 Å². The van der Waals surface area contributed by atoms with Crippen LogP contribution in [0.1, 0.15) is 12.2 Å². The second-order valence-electron chi connectivity index (χ2n) is 3.70. The highest BCUT2D eigenvalue weighted by Gasteiger charge is 2.20. The number of nitrogens with zero attached hydrogens (tertiary/aromatic N) is 3. The van der Waals surface area contributed by atoms with Gasteiger partial charge in [0.15, 0.2) is 5.82 Å². The van der Waals surface area contributed by atoms with Gasteiger partial charge in [0.05, 0.1) is 17.5 Å². The molecule has 0 saturated heterocycles. The normalized spacial score (nSPS) is 20.2. The minimum absolute atomic E-state index is 0.268. The summed E-state index contributed by atoms with van der Waals surface area (Å²) < 4.78 is 1.82. The van der Waals surface area contributed by atoms with Crippen LogP contribution < -0.4 is 0 Å². The maximum atomic E-state index is 9.51. The van der Waals surface area contributed by atoms with Gasteiger partial charge in [-0.25, -0.2) is 9.67 Å². The number of aryl methyl sites for hydroxylation is 1. The van der Waals surface area contributed by atoms with Gasteiger partial charge >= 0.3 is 0 Å². The molecule has 1 atom stereocenters. The highest BCUT2D eigenvalue weighted by molar-refractivity contribution is 7.13. The monoisotopic (exact) mass is 221 g/mol. The number of rotatable bonds is 1. The van der Waals surface area contributed by atoms with E-state index in [-0.39, 0.29) is 6.10 Å². The lowest BCUT2D eigenvalue weighted by molar-refractivity contribution is 0.124. The summed E-state index contributed by atoms with van der Waals surface area (Å²) in [6, 6.07) is 4.01. The van der Waals surface area contributed by atoms with Crippen LogP contribution in [0.5, 0.6) is 0 Å². The Morgan fingerprint density at radius 3 is 3.27 bits per heavy atom. The number of hydrogen-bond acceptors (Lipinski definition) is 4. The predicted octanol–water partition coefficient (Wildman–Crippen LogP) is 1.31. The number of aromatic nitrogens is 3. The van der Waals surface area contributed by atoms with Crippen molar-refractivity contribution in [3.8, 4) is 10.7 Å². The van der Waals surface area contributed by atoms with Crippen molar-refractivity contribution in [2.45, 2.75) is 25.5 Å². The van der Waals surface area contributed by atoms with Crippen LogP contribution >= 0.6 is 11.3 Å². The molecule has 0 saturated carbocycles. The van der Waals surface area contributed by atoms with Crippen molar-refractivity contribution in [3.63, 3.8) is 0 Å². The average molecular weight is 221 g/mol. The second-order valence-corrected chi connectivity index (χ2v) is 4.65. The quantitative estimate of drug-likeness (QED) is 0.790. The van der Waals surface area contributed by atoms with Gasteiger partial charge in [-0.15, -0.1) is 16.4 Å². The SMILES string of the molecule is OC1CCc2nc(-c3cccs3)nn2C1. The van der Waals surface area contributed by atoms with E-state index in [4.69, 9.17) is 0 Å². The average Bonchev–Trinajstić information content (AvgIpc) is 2.84. The summed E-state index contributed by atoms with van der Waals surface area (Å²) in [5, 5.41) is 15.9. The van der Waals surface area contributed by atoms with Gasteiger partial charge in [-0.3, -0.25) is 0 Å². The van der Waals surface area contributed by atoms with Crippen molar-refractivity contribution in [2.24, 2.45) is 0 Å². The molecule has 5 heteroatoms. The number of thiophene rings is 1. The van der Waals surface area contributed by atoms with E-state index >= 15 is 0 Å². The number of aliphatic hydroxyl groups is 1. The molecule has 1 aliphatic heterocycles. The summed E-state index contributed by atoms with van der Waals surface area (Å²) in [4.78, 5) is 5.57. The number of hydrogen-bond donors (Lipinski definition) is 1. The summed E-state index contributed by atoms with van der Waals surface area (Å²) >= 11 is 1.64. The minimum Gasteiger partial charge on any atom is -0.391 e. The Kier molecular flexibility index (Phi) is 2.07. The van der Waals surface area contributed by atoms with E-state index in [2.05, 4.69) is 10.1 Å². The van der Waals surface area contributed by atoms with E-state index in [1.807, 2.05) is 22.2 Å². The van der Waals surface area contributed by atoms with Crippen LogP contribution in [0.25, 0.3) is 10.7 Å². The van der Waals surface area contributed by atoms with Gasteiger partial charge in [0.2, 0.25) is 0 Å². The molecule has 1 N–H and O–H groups in total. The molecule has 78 valence electrons. The number of aliphatic hydroxyl groups excluding tert-OH is 1. The molecular formula is C10H11N3OS. The van der Waals surface area contributed by atoms with Crippen molar-refractivity contribution in [3.05, 3.63) is 23.3 Å². The van der Waals surface area contributed by atoms with Crippen LogP contribution in [0.3, 0.4) is 0 Å². The molecule has 0 aliphatic carbocycles. The fraction of sp³-hybridized carbons (Fsp3) is 0.400. The standard InChI is InChI=1S/C10H11N3OS/c14-7-3-4-9-11-10(12-13(9)6-7)8-2-1-5-15-8/h1-2,5,7,14H,3-4,6H2. The zero-order valence-electron chi connectivity index (χ0n) is 8.13. The van der Waals surface area contributed by atoms with Gasteiger partial charge in [0, 0.05) is 6.42 Å². The molecule has 2 aromatic heterocycles. The largest absolute Gasteiger partial charge is 0.391 e. The van der Waals surface area contributed by atoms with E-state index in [0.717, 1.165) is 29.4 Å². The minimum atomic E-state index is -0.268. The maximum Gasteiger partial charge on any atom is 0.191 e. The highest BCUT2D eigenvalue weighted by atomic mass is 32.1. The zero-order chi connectivity index (χ0) is 10.3. The lowest BCUT2D eigenvalue weighted by Crippen LogP contribution is -2.25. The van der Waals surface area contributed by atoms with E-state index < -0.39 is 0 Å². The van der Waals surface area contributed by atoms with Crippen molar-refractivity contribution >= 4 is 11.3 Å². The van der Waals surface area contributed by atoms with Gasteiger partial charge in [0.1, 0.15) is 5.82 Å². The van der Waals surface area contributed by atoms with E-state index in [0.29, 0.717) is 6.54 Å². The van der Waals surface area contributed by atoms with Gasteiger partial charge in [-0.2, -0.15) is 0 Å². The van der Waals surface area contributed by atoms with Crippen LogP contribution in [0.15, 0.2) is 17.5 Å². The van der Waals surface area contributed by atoms with Crippen molar-refractivity contribution in [2.75, 3.05) is 0 Å². The fourth-order valence-electron chi connectivity index (χ4n) is 1.80. The Balaban J connectivity index is 2.00. The summed E-state index contributed by atoms with van der Waals surface area (Å²) in [5.74, 6) is 1.78. The van der Waals surface area contributed by atoms with Crippen LogP contribution in [-0.4, -0.2) is 26.0 Å². The first-order chi connectivity index (χ1) is 7.33. The molecule has 1 unspecified atom stereocenters. The molecule has 3 rings (SSSR count). The molecule has 0 spiro atoms. The van der Waals surface area contributed by atoms with Crippen molar-refractivity contribution in [1.29, 1.82) is 0 Å². The smallest absolute Gasteiger partial charge is 0.191 e. The summed E-state index contributed by atoms with van der Waals surface area (Å²) in [7, 11) is 0. The Labute approximate surface area is 91.2 Å². The van der Waals surface area contributed by atoms with Crippen molar-refractivity contribution < 1.29 is 5.11 Å². The lowest BCUT2D eigenvalue weighted by atomic mass is 10.1. The molecule has 3 heterocycles. The first kappa shape index (κ1) is 9.06. The molecular weight excluding hydrogens is 210 g/mol. The Morgan fingerprint density at radius 2 is 2.47 bits per heavy atom. The summed E-state index contributed by atoms with van der Waals surface area (Å²) in [6.07, 6.45) is 1.35. The Hall–Kier alpha value is -1.20. The third-order valence-electron chi connectivity index (χ3n) is 2.57. The topological polar surface area (TPSA) is 50.9 Å². The first-order valence-corrected chi connectivity index (χ1v) is 5.86. The van der Waals surface area contributed by atoms with E-state index in [1.165, 1.54) is 0 Å². The van der Waals surface area contributed by atoms with Gasteiger partial charge in [-0.1, -0.05) is 6.07 Å². The first-order valence-electron chi connectivity index (χ1n) is 4.98. The third-order valence-corrected chi connectivity index (χ3v) is 3.44. The lowest BCUT2D eigenvalue weighted by Gasteiger charge is -2.16. The maximum absolute atomic E-state index is 9.51.